The molecule has 0 unspecified atom stereocenters. The first kappa shape index (κ1) is 20.2. The first-order chi connectivity index (χ1) is 13.5. The number of aryl methyl sites for hydroxylation is 1. The normalized spacial score (nSPS) is 15.4. The summed E-state index contributed by atoms with van der Waals surface area (Å²) in [5.74, 6) is 2.09. The van der Waals surface area contributed by atoms with Crippen molar-refractivity contribution in [2.75, 3.05) is 40.4 Å². The molecule has 1 aliphatic heterocycles. The fourth-order valence-corrected chi connectivity index (χ4v) is 3.81. The van der Waals surface area contributed by atoms with E-state index in [2.05, 4.69) is 26.8 Å². The third-order valence-corrected chi connectivity index (χ3v) is 5.31. The molecule has 152 valence electrons. The van der Waals surface area contributed by atoms with Gasteiger partial charge < -0.3 is 24.3 Å². The van der Waals surface area contributed by atoms with E-state index in [9.17, 15) is 4.79 Å². The van der Waals surface area contributed by atoms with Crippen LogP contribution in [0.4, 0.5) is 0 Å². The number of benzene rings is 1. The summed E-state index contributed by atoms with van der Waals surface area (Å²) in [4.78, 5) is 19.5. The third kappa shape index (κ3) is 4.47. The number of carbonyl (C=O) groups is 1. The Morgan fingerprint density at radius 3 is 2.57 bits per heavy atom. The van der Waals surface area contributed by atoms with E-state index in [0.717, 1.165) is 37.4 Å². The van der Waals surface area contributed by atoms with Crippen LogP contribution in [0.15, 0.2) is 24.3 Å². The standard InChI is InChI=1S/C21H30N4O3/c1-15-20(23-16(2)25(15)17-9-12-24(3)13-10-17)21(26)22-11-14-28-19-8-6-5-7-18(19)27-4/h5-8,17H,9-14H2,1-4H3,(H,22,26). The summed E-state index contributed by atoms with van der Waals surface area (Å²) < 4.78 is 13.2. The molecule has 1 aromatic carbocycles. The number of nitrogens with one attached hydrogen (secondary N) is 1. The fourth-order valence-electron chi connectivity index (χ4n) is 3.81. The third-order valence-electron chi connectivity index (χ3n) is 5.31. The lowest BCUT2D eigenvalue weighted by atomic mass is 10.0. The molecule has 2 heterocycles. The summed E-state index contributed by atoms with van der Waals surface area (Å²) in [5.41, 5.74) is 1.45. The zero-order chi connectivity index (χ0) is 20.1. The average molecular weight is 386 g/mol. The highest BCUT2D eigenvalue weighted by atomic mass is 16.5. The van der Waals surface area contributed by atoms with Crippen molar-refractivity contribution >= 4 is 5.91 Å². The van der Waals surface area contributed by atoms with Gasteiger partial charge >= 0.3 is 0 Å². The number of piperidine rings is 1. The van der Waals surface area contributed by atoms with E-state index in [1.54, 1.807) is 7.11 Å². The second-order valence-electron chi connectivity index (χ2n) is 7.25. The lowest BCUT2D eigenvalue weighted by molar-refractivity contribution is 0.0941. The Hall–Kier alpha value is -2.54. The Morgan fingerprint density at radius 2 is 1.89 bits per heavy atom. The number of para-hydroxylation sites is 2. The maximum absolute atomic E-state index is 12.6. The molecule has 0 bridgehead atoms. The van der Waals surface area contributed by atoms with Crippen LogP contribution in [0, 0.1) is 13.8 Å². The van der Waals surface area contributed by atoms with Crippen LogP contribution in [0.25, 0.3) is 0 Å². The number of hydrogen-bond acceptors (Lipinski definition) is 5. The van der Waals surface area contributed by atoms with Gasteiger partial charge in [0, 0.05) is 11.7 Å². The summed E-state index contributed by atoms with van der Waals surface area (Å²) in [6, 6.07) is 7.88. The molecule has 7 heteroatoms. The highest BCUT2D eigenvalue weighted by molar-refractivity contribution is 5.93. The maximum Gasteiger partial charge on any atom is 0.271 e. The number of nitrogens with zero attached hydrogens (tertiary/aromatic N) is 3. The lowest BCUT2D eigenvalue weighted by Gasteiger charge is -2.31. The molecular formula is C21H30N4O3. The van der Waals surface area contributed by atoms with E-state index in [0.29, 0.717) is 36.4 Å². The molecule has 0 aliphatic carbocycles. The maximum atomic E-state index is 12.6. The second kappa shape index (κ2) is 9.10. The summed E-state index contributed by atoms with van der Waals surface area (Å²) in [7, 11) is 3.76. The van der Waals surface area contributed by atoms with Crippen LogP contribution in [-0.4, -0.2) is 60.8 Å². The van der Waals surface area contributed by atoms with Crippen LogP contribution in [0.2, 0.25) is 0 Å². The molecule has 1 aromatic heterocycles. The quantitative estimate of drug-likeness (QED) is 0.741. The topological polar surface area (TPSA) is 68.6 Å². The number of hydrogen-bond donors (Lipinski definition) is 1. The molecule has 1 N–H and O–H groups in total. The van der Waals surface area contributed by atoms with E-state index < -0.39 is 0 Å². The van der Waals surface area contributed by atoms with Gasteiger partial charge in [0.05, 0.1) is 13.7 Å². The van der Waals surface area contributed by atoms with E-state index in [-0.39, 0.29) is 5.91 Å². The molecule has 0 spiro atoms. The molecule has 1 aliphatic rings. The molecule has 1 saturated heterocycles. The summed E-state index contributed by atoms with van der Waals surface area (Å²) in [6.45, 7) is 6.87. The van der Waals surface area contributed by atoms with Crippen LogP contribution >= 0.6 is 0 Å². The van der Waals surface area contributed by atoms with Crippen molar-refractivity contribution in [2.24, 2.45) is 0 Å². The minimum atomic E-state index is -0.157. The zero-order valence-corrected chi connectivity index (χ0v) is 17.2. The molecular weight excluding hydrogens is 356 g/mol. The molecule has 0 radical (unpaired) electrons. The smallest absolute Gasteiger partial charge is 0.271 e. The predicted molar refractivity (Wildman–Crippen MR) is 108 cm³/mol. The van der Waals surface area contributed by atoms with E-state index in [1.165, 1.54) is 0 Å². The van der Waals surface area contributed by atoms with Gasteiger partial charge in [-0.25, -0.2) is 4.98 Å². The van der Waals surface area contributed by atoms with Crippen LogP contribution in [0.3, 0.4) is 0 Å². The molecule has 1 fully saturated rings. The Morgan fingerprint density at radius 1 is 1.21 bits per heavy atom. The number of ether oxygens (including phenoxy) is 2. The van der Waals surface area contributed by atoms with E-state index >= 15 is 0 Å². The number of methoxy groups -OCH3 is 1. The van der Waals surface area contributed by atoms with Crippen molar-refractivity contribution in [1.29, 1.82) is 0 Å². The van der Waals surface area contributed by atoms with Crippen molar-refractivity contribution in [3.63, 3.8) is 0 Å². The Kier molecular flexibility index (Phi) is 6.57. The Bertz CT molecular complexity index is 810. The minimum Gasteiger partial charge on any atom is -0.493 e. The average Bonchev–Trinajstić information content (AvgIpc) is 3.00. The van der Waals surface area contributed by atoms with Gasteiger partial charge in [0.15, 0.2) is 11.5 Å². The molecule has 1 amide bonds. The Labute approximate surface area is 166 Å². The number of amides is 1. The summed E-state index contributed by atoms with van der Waals surface area (Å²) in [5, 5.41) is 2.91. The first-order valence-corrected chi connectivity index (χ1v) is 9.79. The molecule has 2 aromatic rings. The predicted octanol–water partition coefficient (Wildman–Crippen LogP) is 2.58. The largest absolute Gasteiger partial charge is 0.493 e. The highest BCUT2D eigenvalue weighted by Gasteiger charge is 2.25. The first-order valence-electron chi connectivity index (χ1n) is 9.79. The van der Waals surface area contributed by atoms with Crippen LogP contribution in [0.5, 0.6) is 11.5 Å². The number of aromatic nitrogens is 2. The van der Waals surface area contributed by atoms with Crippen molar-refractivity contribution in [3.8, 4) is 11.5 Å². The van der Waals surface area contributed by atoms with Gasteiger partial charge in [-0.05, 0) is 59.0 Å². The number of rotatable bonds is 7. The Balaban J connectivity index is 1.57. The van der Waals surface area contributed by atoms with Crippen molar-refractivity contribution < 1.29 is 14.3 Å². The summed E-state index contributed by atoms with van der Waals surface area (Å²) in [6.07, 6.45) is 2.17. The lowest BCUT2D eigenvalue weighted by Crippen LogP contribution is -2.32. The van der Waals surface area contributed by atoms with Gasteiger partial charge in [0.1, 0.15) is 18.1 Å². The summed E-state index contributed by atoms with van der Waals surface area (Å²) >= 11 is 0. The van der Waals surface area contributed by atoms with Crippen molar-refractivity contribution in [3.05, 3.63) is 41.5 Å². The van der Waals surface area contributed by atoms with Gasteiger partial charge in [0.25, 0.3) is 5.91 Å². The van der Waals surface area contributed by atoms with Gasteiger partial charge in [-0.15, -0.1) is 0 Å². The van der Waals surface area contributed by atoms with E-state index in [4.69, 9.17) is 9.47 Å². The van der Waals surface area contributed by atoms with Gasteiger partial charge in [0.2, 0.25) is 0 Å². The molecule has 3 rings (SSSR count). The zero-order valence-electron chi connectivity index (χ0n) is 17.2. The van der Waals surface area contributed by atoms with Crippen LogP contribution in [-0.2, 0) is 0 Å². The molecule has 0 saturated carbocycles. The van der Waals surface area contributed by atoms with Crippen molar-refractivity contribution in [1.82, 2.24) is 19.8 Å². The minimum absolute atomic E-state index is 0.157. The van der Waals surface area contributed by atoms with Gasteiger partial charge in [-0.3, -0.25) is 4.79 Å². The van der Waals surface area contributed by atoms with Crippen molar-refractivity contribution in [2.45, 2.75) is 32.7 Å². The van der Waals surface area contributed by atoms with Crippen LogP contribution < -0.4 is 14.8 Å². The number of imidazole rings is 1. The van der Waals surface area contributed by atoms with Gasteiger partial charge in [-0.1, -0.05) is 12.1 Å². The second-order valence-corrected chi connectivity index (χ2v) is 7.25. The highest BCUT2D eigenvalue weighted by Crippen LogP contribution is 2.27. The molecule has 0 atom stereocenters. The number of carbonyl (C=O) groups excluding carboxylic acids is 1. The molecule has 7 nitrogen and oxygen atoms in total. The molecule has 28 heavy (non-hydrogen) atoms. The van der Waals surface area contributed by atoms with Crippen LogP contribution in [0.1, 0.15) is 40.9 Å². The monoisotopic (exact) mass is 386 g/mol. The fraction of sp³-hybridized carbons (Fsp3) is 0.524. The van der Waals surface area contributed by atoms with Gasteiger partial charge in [-0.2, -0.15) is 0 Å². The van der Waals surface area contributed by atoms with E-state index in [1.807, 2.05) is 38.1 Å². The SMILES string of the molecule is COc1ccccc1OCCNC(=O)c1nc(C)n(C2CCN(C)CC2)c1C. The number of likely N-dealkylation sites (tertiary alicyclic amines) is 1.